The predicted molar refractivity (Wildman–Crippen MR) is 86.9 cm³/mol. The molecule has 21 heavy (non-hydrogen) atoms. The van der Waals surface area contributed by atoms with Crippen LogP contribution in [0.25, 0.3) is 0 Å². The van der Waals surface area contributed by atoms with Crippen LogP contribution in [0.3, 0.4) is 0 Å². The van der Waals surface area contributed by atoms with Crippen molar-refractivity contribution < 1.29 is 5.11 Å². The number of aryl methyl sites for hydroxylation is 2. The molecule has 1 N–H and O–H groups in total. The summed E-state index contributed by atoms with van der Waals surface area (Å²) >= 11 is 6.46. The molecule has 2 heterocycles. The highest BCUT2D eigenvalue weighted by atomic mass is 35.5. The zero-order valence-corrected chi connectivity index (χ0v) is 14.4. The first-order valence-corrected chi connectivity index (χ1v) is 8.48. The molecule has 120 valence electrons. The molecule has 0 atom stereocenters. The van der Waals surface area contributed by atoms with Crippen LogP contribution < -0.4 is 0 Å². The summed E-state index contributed by atoms with van der Waals surface area (Å²) in [5.74, 6) is 0. The summed E-state index contributed by atoms with van der Waals surface area (Å²) < 4.78 is 1.95. The minimum absolute atomic E-state index is 0.547. The number of hydrogen-bond acceptors (Lipinski definition) is 3. The molecule has 5 heteroatoms. The van der Waals surface area contributed by atoms with Crippen LogP contribution in [0.5, 0.6) is 0 Å². The Hall–Kier alpha value is -0.580. The first-order valence-electron chi connectivity index (χ1n) is 8.10. The van der Waals surface area contributed by atoms with Crippen LogP contribution in [0.4, 0.5) is 0 Å². The van der Waals surface area contributed by atoms with Gasteiger partial charge in [0.05, 0.1) is 22.0 Å². The average Bonchev–Trinajstić information content (AvgIpc) is 2.75. The van der Waals surface area contributed by atoms with E-state index in [2.05, 4.69) is 37.7 Å². The molecule has 0 bridgehead atoms. The van der Waals surface area contributed by atoms with Crippen LogP contribution in [0, 0.1) is 0 Å². The van der Waals surface area contributed by atoms with Crippen molar-refractivity contribution in [3.8, 4) is 0 Å². The summed E-state index contributed by atoms with van der Waals surface area (Å²) in [5, 5.41) is 16.2. The summed E-state index contributed by atoms with van der Waals surface area (Å²) in [4.78, 5) is 2.42. The van der Waals surface area contributed by atoms with Crippen molar-refractivity contribution in [2.75, 3.05) is 13.1 Å². The van der Waals surface area contributed by atoms with Gasteiger partial charge in [0.15, 0.2) is 0 Å². The predicted octanol–water partition coefficient (Wildman–Crippen LogP) is 2.90. The SMILES string of the molecule is CCc1nn(CC)c(CC2(O)CCN(C(C)C)CC2)c1Cl. The first kappa shape index (κ1) is 16.8. The molecule has 1 aromatic heterocycles. The molecule has 1 aliphatic rings. The molecular formula is C16H28ClN3O. The van der Waals surface area contributed by atoms with Crippen molar-refractivity contribution >= 4 is 11.6 Å². The van der Waals surface area contributed by atoms with E-state index in [0.717, 1.165) is 55.3 Å². The third kappa shape index (κ3) is 3.61. The highest BCUT2D eigenvalue weighted by Crippen LogP contribution is 2.31. The maximum atomic E-state index is 10.9. The van der Waals surface area contributed by atoms with E-state index in [1.54, 1.807) is 0 Å². The third-order valence-electron chi connectivity index (χ3n) is 4.65. The third-order valence-corrected chi connectivity index (χ3v) is 5.09. The van der Waals surface area contributed by atoms with Gasteiger partial charge in [0.25, 0.3) is 0 Å². The van der Waals surface area contributed by atoms with E-state index in [0.29, 0.717) is 12.5 Å². The summed E-state index contributed by atoms with van der Waals surface area (Å²) in [6.07, 6.45) is 3.05. The Morgan fingerprint density at radius 2 is 1.90 bits per heavy atom. The number of aromatic nitrogens is 2. The zero-order valence-electron chi connectivity index (χ0n) is 13.7. The van der Waals surface area contributed by atoms with Crippen LogP contribution in [0.2, 0.25) is 5.02 Å². The van der Waals surface area contributed by atoms with Crippen LogP contribution >= 0.6 is 11.6 Å². The molecule has 1 saturated heterocycles. The lowest BCUT2D eigenvalue weighted by Gasteiger charge is -2.40. The second kappa shape index (κ2) is 6.67. The standard InChI is InChI=1S/C16H28ClN3O/c1-5-13-15(17)14(20(6-2)18-13)11-16(21)7-9-19(10-8-16)12(3)4/h12,21H,5-11H2,1-4H3. The molecule has 0 radical (unpaired) electrons. The van der Waals surface area contributed by atoms with Crippen molar-refractivity contribution in [3.05, 3.63) is 16.4 Å². The molecule has 0 spiro atoms. The maximum Gasteiger partial charge on any atom is 0.0850 e. The Morgan fingerprint density at radius 3 is 2.38 bits per heavy atom. The number of likely N-dealkylation sites (tertiary alicyclic amines) is 1. The number of aliphatic hydroxyl groups is 1. The molecule has 4 nitrogen and oxygen atoms in total. The Bertz CT molecular complexity index is 476. The van der Waals surface area contributed by atoms with Gasteiger partial charge < -0.3 is 10.0 Å². The number of halogens is 1. The second-order valence-corrected chi connectivity index (χ2v) is 6.79. The van der Waals surface area contributed by atoms with Crippen molar-refractivity contribution in [2.24, 2.45) is 0 Å². The fraction of sp³-hybridized carbons (Fsp3) is 0.812. The Labute approximate surface area is 133 Å². The Morgan fingerprint density at radius 1 is 1.29 bits per heavy atom. The lowest BCUT2D eigenvalue weighted by Crippen LogP contribution is -2.48. The van der Waals surface area contributed by atoms with Gasteiger partial charge in [-0.25, -0.2) is 0 Å². The van der Waals surface area contributed by atoms with E-state index >= 15 is 0 Å². The number of hydrogen-bond donors (Lipinski definition) is 1. The summed E-state index contributed by atoms with van der Waals surface area (Å²) in [7, 11) is 0. The normalized spacial score (nSPS) is 19.4. The van der Waals surface area contributed by atoms with Crippen LogP contribution in [-0.4, -0.2) is 44.5 Å². The topological polar surface area (TPSA) is 41.3 Å². The fourth-order valence-corrected chi connectivity index (χ4v) is 3.47. The summed E-state index contributed by atoms with van der Waals surface area (Å²) in [6, 6.07) is 0.547. The first-order chi connectivity index (χ1) is 9.90. The smallest absolute Gasteiger partial charge is 0.0850 e. The zero-order chi connectivity index (χ0) is 15.6. The average molecular weight is 314 g/mol. The number of rotatable bonds is 5. The van der Waals surface area contributed by atoms with Gasteiger partial charge in [-0.1, -0.05) is 18.5 Å². The molecule has 0 aromatic carbocycles. The fourth-order valence-electron chi connectivity index (χ4n) is 3.13. The minimum Gasteiger partial charge on any atom is -0.389 e. The molecule has 0 amide bonds. The minimum atomic E-state index is -0.646. The maximum absolute atomic E-state index is 10.9. The Balaban J connectivity index is 2.13. The van der Waals surface area contributed by atoms with E-state index in [1.165, 1.54) is 0 Å². The lowest BCUT2D eigenvalue weighted by molar-refractivity contribution is -0.0284. The lowest BCUT2D eigenvalue weighted by atomic mass is 9.86. The van der Waals surface area contributed by atoms with Crippen molar-refractivity contribution in [1.29, 1.82) is 0 Å². The number of piperidine rings is 1. The highest BCUT2D eigenvalue weighted by molar-refractivity contribution is 6.31. The van der Waals surface area contributed by atoms with Gasteiger partial charge in [0.1, 0.15) is 0 Å². The van der Waals surface area contributed by atoms with Crippen molar-refractivity contribution in [1.82, 2.24) is 14.7 Å². The molecule has 0 aliphatic carbocycles. The molecular weight excluding hydrogens is 286 g/mol. The van der Waals surface area contributed by atoms with E-state index in [1.807, 2.05) is 4.68 Å². The van der Waals surface area contributed by atoms with Gasteiger partial charge >= 0.3 is 0 Å². The quantitative estimate of drug-likeness (QED) is 0.909. The van der Waals surface area contributed by atoms with E-state index < -0.39 is 5.60 Å². The van der Waals surface area contributed by atoms with Crippen molar-refractivity contribution in [3.63, 3.8) is 0 Å². The Kier molecular flexibility index (Phi) is 5.33. The van der Waals surface area contributed by atoms with Gasteiger partial charge in [0, 0.05) is 32.1 Å². The van der Waals surface area contributed by atoms with Gasteiger partial charge in [-0.3, -0.25) is 4.68 Å². The molecule has 0 saturated carbocycles. The van der Waals surface area contributed by atoms with Gasteiger partial charge in [-0.05, 0) is 40.0 Å². The van der Waals surface area contributed by atoms with Gasteiger partial charge in [-0.15, -0.1) is 0 Å². The molecule has 0 unspecified atom stereocenters. The summed E-state index contributed by atoms with van der Waals surface area (Å²) in [6.45, 7) is 11.2. The van der Waals surface area contributed by atoms with Crippen LogP contribution in [0.1, 0.15) is 51.9 Å². The van der Waals surface area contributed by atoms with Crippen LogP contribution in [-0.2, 0) is 19.4 Å². The second-order valence-electron chi connectivity index (χ2n) is 6.41. The van der Waals surface area contributed by atoms with E-state index in [9.17, 15) is 5.11 Å². The van der Waals surface area contributed by atoms with Gasteiger partial charge in [-0.2, -0.15) is 5.10 Å². The molecule has 1 aliphatic heterocycles. The monoisotopic (exact) mass is 313 g/mol. The largest absolute Gasteiger partial charge is 0.389 e. The molecule has 1 fully saturated rings. The van der Waals surface area contributed by atoms with E-state index in [4.69, 9.17) is 11.6 Å². The van der Waals surface area contributed by atoms with Crippen LogP contribution in [0.15, 0.2) is 0 Å². The van der Waals surface area contributed by atoms with Crippen molar-refractivity contribution in [2.45, 2.75) is 71.6 Å². The number of nitrogens with zero attached hydrogens (tertiary/aromatic N) is 3. The molecule has 2 rings (SSSR count). The summed E-state index contributed by atoms with van der Waals surface area (Å²) in [5.41, 5.74) is 1.29. The molecule has 1 aromatic rings. The van der Waals surface area contributed by atoms with Gasteiger partial charge in [0.2, 0.25) is 0 Å². The van der Waals surface area contributed by atoms with E-state index in [-0.39, 0.29) is 0 Å². The highest BCUT2D eigenvalue weighted by Gasteiger charge is 2.35.